The molecule has 114 valence electrons. The lowest BCUT2D eigenvalue weighted by Crippen LogP contribution is -2.11. The number of hydrogen-bond acceptors (Lipinski definition) is 3. The monoisotopic (exact) mass is 304 g/mol. The van der Waals surface area contributed by atoms with Gasteiger partial charge >= 0.3 is 5.97 Å². The summed E-state index contributed by atoms with van der Waals surface area (Å²) in [5.74, 6) is 1.35. The minimum absolute atomic E-state index is 0.0880. The van der Waals surface area contributed by atoms with E-state index >= 15 is 0 Å². The van der Waals surface area contributed by atoms with Gasteiger partial charge in [0.25, 0.3) is 0 Å². The lowest BCUT2D eigenvalue weighted by atomic mass is 10.1. The van der Waals surface area contributed by atoms with Crippen LogP contribution in [0.15, 0.2) is 77.4 Å². The van der Waals surface area contributed by atoms with Crippen LogP contribution in [0.4, 0.5) is 0 Å². The van der Waals surface area contributed by atoms with Crippen LogP contribution in [-0.2, 0) is 4.79 Å². The molecule has 0 bridgehead atoms. The van der Waals surface area contributed by atoms with E-state index in [-0.39, 0.29) is 17.8 Å². The molecule has 1 aromatic heterocycles. The SMILES string of the molecule is O=C(Oc1ccc(-c2ccccc2)cc1)[C@@H]1C[C@@H]1c1ccco1. The molecule has 3 aromatic rings. The van der Waals surface area contributed by atoms with Gasteiger partial charge < -0.3 is 9.15 Å². The van der Waals surface area contributed by atoms with Crippen LogP contribution in [0.5, 0.6) is 5.75 Å². The third-order valence-corrected chi connectivity index (χ3v) is 4.18. The van der Waals surface area contributed by atoms with E-state index < -0.39 is 0 Å². The van der Waals surface area contributed by atoms with Crippen LogP contribution >= 0.6 is 0 Å². The first kappa shape index (κ1) is 13.8. The van der Waals surface area contributed by atoms with Gasteiger partial charge in [0, 0.05) is 5.92 Å². The third-order valence-electron chi connectivity index (χ3n) is 4.18. The molecule has 0 aliphatic heterocycles. The quantitative estimate of drug-likeness (QED) is 0.520. The van der Waals surface area contributed by atoms with Gasteiger partial charge in [-0.15, -0.1) is 0 Å². The molecule has 0 N–H and O–H groups in total. The minimum Gasteiger partial charge on any atom is -0.469 e. The number of carbonyl (C=O) groups excluding carboxylic acids is 1. The lowest BCUT2D eigenvalue weighted by Gasteiger charge is -2.06. The Hall–Kier alpha value is -2.81. The predicted octanol–water partition coefficient (Wildman–Crippen LogP) is 4.66. The molecule has 1 saturated carbocycles. The topological polar surface area (TPSA) is 39.4 Å². The second-order valence-electron chi connectivity index (χ2n) is 5.78. The maximum atomic E-state index is 12.2. The number of esters is 1. The van der Waals surface area contributed by atoms with Crippen LogP contribution in [-0.4, -0.2) is 5.97 Å². The van der Waals surface area contributed by atoms with Crippen molar-refractivity contribution >= 4 is 5.97 Å². The molecular formula is C20H16O3. The van der Waals surface area contributed by atoms with Gasteiger partial charge in [-0.1, -0.05) is 42.5 Å². The molecule has 1 aliphatic rings. The molecule has 1 fully saturated rings. The largest absolute Gasteiger partial charge is 0.469 e. The van der Waals surface area contributed by atoms with Crippen LogP contribution < -0.4 is 4.74 Å². The van der Waals surface area contributed by atoms with Gasteiger partial charge in [0.05, 0.1) is 12.2 Å². The van der Waals surface area contributed by atoms with Gasteiger partial charge in [-0.05, 0) is 41.8 Å². The Kier molecular flexibility index (Phi) is 3.46. The molecule has 2 atom stereocenters. The predicted molar refractivity (Wildman–Crippen MR) is 87.1 cm³/mol. The van der Waals surface area contributed by atoms with Crippen LogP contribution in [0.2, 0.25) is 0 Å². The number of benzene rings is 2. The zero-order valence-electron chi connectivity index (χ0n) is 12.5. The standard InChI is InChI=1S/C20H16O3/c21-20(18-13-17(18)19-7-4-12-22-19)23-16-10-8-15(9-11-16)14-5-2-1-3-6-14/h1-12,17-18H,13H2/t17-,18+/m0/s1. The summed E-state index contributed by atoms with van der Waals surface area (Å²) >= 11 is 0. The smallest absolute Gasteiger partial charge is 0.315 e. The Labute approximate surface area is 134 Å². The van der Waals surface area contributed by atoms with Crippen LogP contribution in [0, 0.1) is 5.92 Å². The maximum Gasteiger partial charge on any atom is 0.315 e. The Bertz CT molecular complexity index is 789. The van der Waals surface area contributed by atoms with Gasteiger partial charge in [0.2, 0.25) is 0 Å². The molecule has 1 aliphatic carbocycles. The fraction of sp³-hybridized carbons (Fsp3) is 0.150. The third kappa shape index (κ3) is 2.90. The molecule has 4 rings (SSSR count). The molecule has 0 spiro atoms. The highest BCUT2D eigenvalue weighted by molar-refractivity contribution is 5.79. The summed E-state index contributed by atoms with van der Waals surface area (Å²) in [7, 11) is 0. The van der Waals surface area contributed by atoms with Crippen molar-refractivity contribution in [3.05, 3.63) is 78.8 Å². The molecule has 23 heavy (non-hydrogen) atoms. The Morgan fingerprint density at radius 2 is 1.65 bits per heavy atom. The maximum absolute atomic E-state index is 12.2. The summed E-state index contributed by atoms with van der Waals surface area (Å²) in [5.41, 5.74) is 2.25. The lowest BCUT2D eigenvalue weighted by molar-refractivity contribution is -0.135. The molecule has 3 nitrogen and oxygen atoms in total. The summed E-state index contributed by atoms with van der Waals surface area (Å²) in [5, 5.41) is 0. The molecule has 2 aromatic carbocycles. The van der Waals surface area contributed by atoms with E-state index in [1.54, 1.807) is 6.26 Å². The van der Waals surface area contributed by atoms with Crippen LogP contribution in [0.3, 0.4) is 0 Å². The van der Waals surface area contributed by atoms with Gasteiger partial charge in [-0.25, -0.2) is 0 Å². The van der Waals surface area contributed by atoms with E-state index in [1.807, 2.05) is 54.6 Å². The van der Waals surface area contributed by atoms with Crippen LogP contribution in [0.25, 0.3) is 11.1 Å². The second kappa shape index (κ2) is 5.76. The fourth-order valence-electron chi connectivity index (χ4n) is 2.81. The van der Waals surface area contributed by atoms with E-state index in [9.17, 15) is 4.79 Å². The normalized spacial score (nSPS) is 19.3. The van der Waals surface area contributed by atoms with Crippen molar-refractivity contribution in [3.63, 3.8) is 0 Å². The first-order valence-electron chi connectivity index (χ1n) is 7.72. The van der Waals surface area contributed by atoms with Crippen molar-refractivity contribution < 1.29 is 13.9 Å². The molecule has 1 heterocycles. The molecule has 0 radical (unpaired) electrons. The van der Waals surface area contributed by atoms with Crippen molar-refractivity contribution in [2.45, 2.75) is 12.3 Å². The van der Waals surface area contributed by atoms with Crippen molar-refractivity contribution in [1.29, 1.82) is 0 Å². The number of furan rings is 1. The first-order chi connectivity index (χ1) is 11.3. The summed E-state index contributed by atoms with van der Waals surface area (Å²) in [6.45, 7) is 0. The Balaban J connectivity index is 1.41. The van der Waals surface area contributed by atoms with Gasteiger partial charge in [-0.2, -0.15) is 0 Å². The molecule has 0 saturated heterocycles. The number of ether oxygens (including phenoxy) is 1. The average Bonchev–Trinajstić information content (AvgIpc) is 3.22. The van der Waals surface area contributed by atoms with Crippen molar-refractivity contribution in [3.8, 4) is 16.9 Å². The fourth-order valence-corrected chi connectivity index (χ4v) is 2.81. The van der Waals surface area contributed by atoms with E-state index in [0.717, 1.165) is 23.3 Å². The number of hydrogen-bond donors (Lipinski definition) is 0. The van der Waals surface area contributed by atoms with E-state index in [0.29, 0.717) is 5.75 Å². The zero-order valence-corrected chi connectivity index (χ0v) is 12.5. The minimum atomic E-state index is -0.182. The summed E-state index contributed by atoms with van der Waals surface area (Å²) in [6.07, 6.45) is 2.44. The van der Waals surface area contributed by atoms with Gasteiger partial charge in [-0.3, -0.25) is 4.79 Å². The average molecular weight is 304 g/mol. The molecular weight excluding hydrogens is 288 g/mol. The Morgan fingerprint density at radius 3 is 2.35 bits per heavy atom. The summed E-state index contributed by atoms with van der Waals surface area (Å²) < 4.78 is 10.8. The highest BCUT2D eigenvalue weighted by Gasteiger charge is 2.47. The highest BCUT2D eigenvalue weighted by atomic mass is 16.5. The molecule has 0 amide bonds. The van der Waals surface area contributed by atoms with Crippen molar-refractivity contribution in [2.75, 3.05) is 0 Å². The van der Waals surface area contributed by atoms with E-state index in [2.05, 4.69) is 12.1 Å². The first-order valence-corrected chi connectivity index (χ1v) is 7.72. The summed E-state index contributed by atoms with van der Waals surface area (Å²) in [6, 6.07) is 21.5. The Morgan fingerprint density at radius 1 is 0.913 bits per heavy atom. The zero-order chi connectivity index (χ0) is 15.6. The highest BCUT2D eigenvalue weighted by Crippen LogP contribution is 2.48. The van der Waals surface area contributed by atoms with Crippen molar-refractivity contribution in [2.24, 2.45) is 5.92 Å². The second-order valence-corrected chi connectivity index (χ2v) is 5.78. The van der Waals surface area contributed by atoms with E-state index in [4.69, 9.17) is 9.15 Å². The summed E-state index contributed by atoms with van der Waals surface area (Å²) in [4.78, 5) is 12.2. The van der Waals surface area contributed by atoms with Gasteiger partial charge in [0.1, 0.15) is 11.5 Å². The van der Waals surface area contributed by atoms with Crippen molar-refractivity contribution in [1.82, 2.24) is 0 Å². The molecule has 0 unspecified atom stereocenters. The van der Waals surface area contributed by atoms with E-state index in [1.165, 1.54) is 0 Å². The molecule has 3 heteroatoms. The van der Waals surface area contributed by atoms with Crippen LogP contribution in [0.1, 0.15) is 18.1 Å². The van der Waals surface area contributed by atoms with Gasteiger partial charge in [0.15, 0.2) is 0 Å². The number of carbonyl (C=O) groups is 1. The number of rotatable bonds is 4.